The molecule has 0 fully saturated rings. The van der Waals surface area contributed by atoms with E-state index < -0.39 is 0 Å². The third-order valence-corrected chi connectivity index (χ3v) is 3.89. The fraction of sp³-hybridized carbons (Fsp3) is 0.231. The van der Waals surface area contributed by atoms with Crippen LogP contribution in [0.1, 0.15) is 5.56 Å². The van der Waals surface area contributed by atoms with Crippen LogP contribution in [0.15, 0.2) is 35.8 Å². The predicted octanol–water partition coefficient (Wildman–Crippen LogP) is -1.38. The Kier molecular flexibility index (Phi) is 4.07. The van der Waals surface area contributed by atoms with E-state index in [0.717, 1.165) is 18.7 Å². The van der Waals surface area contributed by atoms with Gasteiger partial charge < -0.3 is 21.9 Å². The number of amides is 1. The van der Waals surface area contributed by atoms with E-state index in [2.05, 4.69) is 6.07 Å². The van der Waals surface area contributed by atoms with Gasteiger partial charge in [0.2, 0.25) is 5.91 Å². The molecule has 0 radical (unpaired) electrons. The van der Waals surface area contributed by atoms with Gasteiger partial charge in [0, 0.05) is 23.8 Å². The maximum Gasteiger partial charge on any atom is 0.247 e. The lowest BCUT2D eigenvalue weighted by molar-refractivity contribution is -0.119. The molecule has 0 atom stereocenters. The molecule has 0 aliphatic carbocycles. The van der Waals surface area contributed by atoms with Crippen molar-refractivity contribution in [1.29, 1.82) is 5.41 Å². The van der Waals surface area contributed by atoms with E-state index in [1.54, 1.807) is 10.8 Å². The van der Waals surface area contributed by atoms with Crippen LogP contribution in [0.4, 0.5) is 5.69 Å². The number of benzene rings is 1. The molecule has 100 valence electrons. The molecule has 1 amide bonds. The second-order valence-electron chi connectivity index (χ2n) is 4.26. The van der Waals surface area contributed by atoms with Crippen LogP contribution in [0.25, 0.3) is 0 Å². The maximum absolute atomic E-state index is 12.3. The minimum atomic E-state index is 0. The number of anilines is 1. The molecule has 6 heteroatoms. The fourth-order valence-electron chi connectivity index (χ4n) is 2.26. The Balaban J connectivity index is 0.00000133. The van der Waals surface area contributed by atoms with Crippen LogP contribution in [0.5, 0.6) is 0 Å². The molecule has 0 saturated heterocycles. The molecular weight excluding hydrogens is 282 g/mol. The van der Waals surface area contributed by atoms with Crippen molar-refractivity contribution in [3.63, 3.8) is 0 Å². The third kappa shape index (κ3) is 2.57. The van der Waals surface area contributed by atoms with Crippen molar-refractivity contribution >= 4 is 22.9 Å². The van der Waals surface area contributed by atoms with Gasteiger partial charge in [0.05, 0.1) is 0 Å². The molecule has 0 bridgehead atoms. The number of nitrogens with zero attached hydrogens (tertiary/aromatic N) is 2. The highest BCUT2D eigenvalue weighted by Crippen LogP contribution is 2.27. The van der Waals surface area contributed by atoms with Crippen LogP contribution in [0.3, 0.4) is 0 Å². The summed E-state index contributed by atoms with van der Waals surface area (Å²) >= 11 is 1.33. The average Bonchev–Trinajstić information content (AvgIpc) is 2.96. The topological polar surface area (TPSA) is 49.1 Å². The molecule has 4 nitrogen and oxygen atoms in total. The summed E-state index contributed by atoms with van der Waals surface area (Å²) in [6.07, 6.45) is 2.71. The number of carbonyl (C=O) groups excluding carboxylic acids is 1. The van der Waals surface area contributed by atoms with Gasteiger partial charge in [0.15, 0.2) is 4.80 Å². The van der Waals surface area contributed by atoms with Crippen LogP contribution in [-0.4, -0.2) is 17.0 Å². The number of hydrogen-bond acceptors (Lipinski definition) is 3. The summed E-state index contributed by atoms with van der Waals surface area (Å²) in [5.41, 5.74) is 2.25. The number of carbonyl (C=O) groups is 1. The zero-order valence-electron chi connectivity index (χ0n) is 10.2. The van der Waals surface area contributed by atoms with Gasteiger partial charge in [-0.2, -0.15) is 0 Å². The van der Waals surface area contributed by atoms with Crippen LogP contribution in [0, 0.1) is 5.41 Å². The Morgan fingerprint density at radius 3 is 2.89 bits per heavy atom. The number of thiazole rings is 1. The number of aromatic nitrogens is 1. The predicted molar refractivity (Wildman–Crippen MR) is 70.7 cm³/mol. The molecule has 1 aliphatic heterocycles. The van der Waals surface area contributed by atoms with E-state index in [-0.39, 0.29) is 24.9 Å². The van der Waals surface area contributed by atoms with E-state index in [1.807, 2.05) is 28.5 Å². The van der Waals surface area contributed by atoms with Crippen molar-refractivity contribution in [3.8, 4) is 0 Å². The van der Waals surface area contributed by atoms with Crippen LogP contribution in [-0.2, 0) is 17.8 Å². The average molecular weight is 295 g/mol. The van der Waals surface area contributed by atoms with Crippen molar-refractivity contribution in [2.24, 2.45) is 0 Å². The van der Waals surface area contributed by atoms with Gasteiger partial charge in [-0.05, 0) is 18.1 Å². The molecule has 0 saturated carbocycles. The first kappa shape index (κ1) is 13.8. The van der Waals surface area contributed by atoms with E-state index in [0.29, 0.717) is 4.80 Å². The van der Waals surface area contributed by atoms with Crippen molar-refractivity contribution in [3.05, 3.63) is 46.2 Å². The number of fused-ring (bicyclic) bond motifs is 1. The lowest BCUT2D eigenvalue weighted by Gasteiger charge is -2.17. The summed E-state index contributed by atoms with van der Waals surface area (Å²) in [6, 6.07) is 8.01. The first-order valence-corrected chi connectivity index (χ1v) is 6.70. The van der Waals surface area contributed by atoms with E-state index in [9.17, 15) is 4.79 Å². The maximum atomic E-state index is 12.3. The quantitative estimate of drug-likeness (QED) is 0.729. The SMILES string of the molecule is N=c1sccn1CC(=O)N1CCc2ccccc21.[Cl-]. The molecule has 2 aromatic rings. The van der Waals surface area contributed by atoms with Gasteiger partial charge in [-0.3, -0.25) is 10.2 Å². The second kappa shape index (κ2) is 5.59. The summed E-state index contributed by atoms with van der Waals surface area (Å²) in [5.74, 6) is 0.0526. The molecule has 1 aliphatic rings. The van der Waals surface area contributed by atoms with Crippen molar-refractivity contribution in [2.45, 2.75) is 13.0 Å². The highest BCUT2D eigenvalue weighted by atomic mass is 35.5. The van der Waals surface area contributed by atoms with Gasteiger partial charge in [-0.15, -0.1) is 11.3 Å². The molecule has 3 rings (SSSR count). The summed E-state index contributed by atoms with van der Waals surface area (Å²) in [7, 11) is 0. The summed E-state index contributed by atoms with van der Waals surface area (Å²) in [6.45, 7) is 0.993. The van der Waals surface area contributed by atoms with Gasteiger partial charge in [0.25, 0.3) is 0 Å². The monoisotopic (exact) mass is 294 g/mol. The van der Waals surface area contributed by atoms with Gasteiger partial charge >= 0.3 is 0 Å². The lowest BCUT2D eigenvalue weighted by atomic mass is 10.2. The summed E-state index contributed by atoms with van der Waals surface area (Å²) in [4.78, 5) is 14.5. The van der Waals surface area contributed by atoms with Crippen LogP contribution < -0.4 is 22.1 Å². The number of rotatable bonds is 2. The van der Waals surface area contributed by atoms with Crippen molar-refractivity contribution in [2.75, 3.05) is 11.4 Å². The molecule has 19 heavy (non-hydrogen) atoms. The standard InChI is InChI=1S/C13H13N3OS.ClH/c14-13-15(7-8-18-13)9-12(17)16-6-5-10-3-1-2-4-11(10)16;/h1-4,7-8,14H,5-6,9H2;1H/p-1. The van der Waals surface area contributed by atoms with E-state index in [4.69, 9.17) is 5.41 Å². The third-order valence-electron chi connectivity index (χ3n) is 3.18. The summed E-state index contributed by atoms with van der Waals surface area (Å²) in [5, 5.41) is 9.50. The summed E-state index contributed by atoms with van der Waals surface area (Å²) < 4.78 is 1.67. The Morgan fingerprint density at radius 1 is 1.37 bits per heavy atom. The Hall–Kier alpha value is -1.59. The normalized spacial score (nSPS) is 12.9. The number of para-hydroxylation sites is 1. The minimum absolute atomic E-state index is 0. The fourth-order valence-corrected chi connectivity index (χ4v) is 2.85. The van der Waals surface area contributed by atoms with Crippen LogP contribution in [0.2, 0.25) is 0 Å². The Morgan fingerprint density at radius 2 is 2.16 bits per heavy atom. The lowest BCUT2D eigenvalue weighted by Crippen LogP contribution is -3.00. The molecule has 1 N–H and O–H groups in total. The van der Waals surface area contributed by atoms with Crippen molar-refractivity contribution < 1.29 is 17.2 Å². The molecule has 0 unspecified atom stereocenters. The zero-order chi connectivity index (χ0) is 12.5. The largest absolute Gasteiger partial charge is 1.00 e. The molecule has 0 spiro atoms. The highest BCUT2D eigenvalue weighted by molar-refractivity contribution is 7.06. The molecular formula is C13H13ClN3OS-. The first-order valence-electron chi connectivity index (χ1n) is 5.82. The highest BCUT2D eigenvalue weighted by Gasteiger charge is 2.24. The molecule has 2 heterocycles. The number of nitrogens with one attached hydrogen (secondary N) is 1. The molecule has 1 aromatic carbocycles. The first-order chi connectivity index (χ1) is 8.75. The van der Waals surface area contributed by atoms with E-state index >= 15 is 0 Å². The second-order valence-corrected chi connectivity index (χ2v) is 5.15. The zero-order valence-corrected chi connectivity index (χ0v) is 11.7. The Labute approximate surface area is 121 Å². The number of halogens is 1. The van der Waals surface area contributed by atoms with E-state index in [1.165, 1.54) is 16.9 Å². The Bertz CT molecular complexity index is 649. The number of hydrogen-bond donors (Lipinski definition) is 1. The van der Waals surface area contributed by atoms with Gasteiger partial charge in [-0.1, -0.05) is 18.2 Å². The molecule has 1 aromatic heterocycles. The smallest absolute Gasteiger partial charge is 0.247 e. The van der Waals surface area contributed by atoms with Gasteiger partial charge in [0.1, 0.15) is 6.54 Å². The van der Waals surface area contributed by atoms with Crippen LogP contribution >= 0.6 is 11.3 Å². The minimum Gasteiger partial charge on any atom is -1.00 e. The van der Waals surface area contributed by atoms with Crippen molar-refractivity contribution in [1.82, 2.24) is 4.57 Å². The van der Waals surface area contributed by atoms with Gasteiger partial charge in [-0.25, -0.2) is 0 Å².